The maximum absolute atomic E-state index is 13.7. The lowest BCUT2D eigenvalue weighted by Crippen LogP contribution is -2.51. The highest BCUT2D eigenvalue weighted by Crippen LogP contribution is 2.47. The summed E-state index contributed by atoms with van der Waals surface area (Å²) in [5, 5.41) is 6.11. The molecular weight excluding hydrogens is 705 g/mol. The number of imidazole rings is 2. The van der Waals surface area contributed by atoms with Crippen molar-refractivity contribution in [2.45, 2.75) is 88.8 Å². The van der Waals surface area contributed by atoms with Crippen LogP contribution in [0.15, 0.2) is 85.5 Å². The quantitative estimate of drug-likeness (QED) is 0.108. The minimum absolute atomic E-state index is 0.0538. The Balaban J connectivity index is 0.913. The first-order chi connectivity index (χ1) is 27.2. The number of nitrogens with one attached hydrogen (secondary N) is 4. The van der Waals surface area contributed by atoms with Crippen molar-refractivity contribution in [2.24, 2.45) is 11.8 Å². The largest absolute Gasteiger partial charge is 0.453 e. The number of likely N-dealkylation sites (tertiary alicyclic amines) is 1. The van der Waals surface area contributed by atoms with Crippen LogP contribution in [0.5, 0.6) is 0 Å². The molecule has 8 rings (SSSR count). The van der Waals surface area contributed by atoms with Gasteiger partial charge in [0.25, 0.3) is 0 Å². The number of methoxy groups -OCH3 is 1. The predicted molar refractivity (Wildman–Crippen MR) is 213 cm³/mol. The summed E-state index contributed by atoms with van der Waals surface area (Å²) in [6, 6.07) is 19.9. The van der Waals surface area contributed by atoms with Crippen molar-refractivity contribution in [1.29, 1.82) is 0 Å². The standard InChI is InChI=1S/C44H50N8O4/c1-27(2)38(50-43(55)56-3)42(54)52-23-7-11-37(52)40-47-26-36(49-40)31-18-14-29(15-19-31)28-12-16-30(17-13-28)35-25-46-39(48-35)33-9-4-5-10-34(33)41(53)51-44(20-21-44)32-8-6-22-45-24-32/h6,8,12-19,22,24-27,33-34,37-38H,4-5,7,9-11,20-21,23H2,1-3H3,(H,46,48)(H,47,49)(H,50,55)(H,51,53)/t33-,34-,37-,38-/m0/s1. The number of nitrogens with zero attached hydrogens (tertiary/aromatic N) is 4. The molecule has 2 aromatic carbocycles. The predicted octanol–water partition coefficient (Wildman–Crippen LogP) is 7.65. The van der Waals surface area contributed by atoms with E-state index in [1.165, 1.54) is 7.11 Å². The van der Waals surface area contributed by atoms with Crippen LogP contribution in [-0.4, -0.2) is 67.4 Å². The molecule has 1 aliphatic heterocycles. The van der Waals surface area contributed by atoms with E-state index in [-0.39, 0.29) is 41.1 Å². The highest BCUT2D eigenvalue weighted by Gasteiger charge is 2.48. The Morgan fingerprint density at radius 1 is 0.804 bits per heavy atom. The first kappa shape index (κ1) is 37.2. The van der Waals surface area contributed by atoms with E-state index in [0.29, 0.717) is 6.54 Å². The van der Waals surface area contributed by atoms with Crippen LogP contribution in [-0.2, 0) is 19.9 Å². The third-order valence-corrected chi connectivity index (χ3v) is 11.9. The van der Waals surface area contributed by atoms with Crippen LogP contribution in [0.2, 0.25) is 0 Å². The van der Waals surface area contributed by atoms with E-state index in [1.807, 2.05) is 43.4 Å². The molecule has 56 heavy (non-hydrogen) atoms. The molecule has 2 aliphatic carbocycles. The van der Waals surface area contributed by atoms with E-state index >= 15 is 0 Å². The fourth-order valence-electron chi connectivity index (χ4n) is 8.56. The van der Waals surface area contributed by atoms with Gasteiger partial charge in [0.2, 0.25) is 11.8 Å². The summed E-state index contributed by atoms with van der Waals surface area (Å²) in [7, 11) is 1.30. The molecule has 3 amide bonds. The van der Waals surface area contributed by atoms with Gasteiger partial charge in [0.05, 0.1) is 42.5 Å². The zero-order valence-corrected chi connectivity index (χ0v) is 32.3. The van der Waals surface area contributed by atoms with E-state index in [1.54, 1.807) is 6.20 Å². The van der Waals surface area contributed by atoms with Crippen molar-refractivity contribution in [3.05, 3.63) is 103 Å². The number of rotatable bonds is 11. The molecule has 3 aliphatic rings. The minimum Gasteiger partial charge on any atom is -0.453 e. The van der Waals surface area contributed by atoms with Gasteiger partial charge in [-0.25, -0.2) is 14.8 Å². The molecule has 4 heterocycles. The van der Waals surface area contributed by atoms with Crippen molar-refractivity contribution >= 4 is 17.9 Å². The molecule has 290 valence electrons. The Morgan fingerprint density at radius 2 is 1.43 bits per heavy atom. The number of hydrogen-bond acceptors (Lipinski definition) is 7. The number of alkyl carbamates (subject to hydrolysis) is 1. The first-order valence-corrected chi connectivity index (χ1v) is 19.9. The topological polar surface area (TPSA) is 158 Å². The van der Waals surface area contributed by atoms with Gasteiger partial charge in [0.1, 0.15) is 17.7 Å². The van der Waals surface area contributed by atoms with Crippen LogP contribution in [0.25, 0.3) is 33.6 Å². The molecule has 0 bridgehead atoms. The molecule has 1 saturated heterocycles. The number of amides is 3. The molecular formula is C44H50N8O4. The van der Waals surface area contributed by atoms with E-state index in [4.69, 9.17) is 9.72 Å². The molecule has 4 atom stereocenters. The second-order valence-electron chi connectivity index (χ2n) is 15.9. The molecule has 2 saturated carbocycles. The summed E-state index contributed by atoms with van der Waals surface area (Å²) < 4.78 is 4.76. The smallest absolute Gasteiger partial charge is 0.407 e. The van der Waals surface area contributed by atoms with E-state index in [9.17, 15) is 14.4 Å². The molecule has 12 nitrogen and oxygen atoms in total. The first-order valence-electron chi connectivity index (χ1n) is 19.9. The monoisotopic (exact) mass is 754 g/mol. The van der Waals surface area contributed by atoms with E-state index in [0.717, 1.165) is 102 Å². The van der Waals surface area contributed by atoms with Gasteiger partial charge in [-0.05, 0) is 78.3 Å². The third kappa shape index (κ3) is 7.56. The summed E-state index contributed by atoms with van der Waals surface area (Å²) in [5.74, 6) is 1.46. The van der Waals surface area contributed by atoms with Crippen LogP contribution in [0.4, 0.5) is 4.79 Å². The van der Waals surface area contributed by atoms with Crippen LogP contribution < -0.4 is 10.6 Å². The number of benzene rings is 2. The second-order valence-corrected chi connectivity index (χ2v) is 15.9. The lowest BCUT2D eigenvalue weighted by atomic mass is 9.78. The van der Waals surface area contributed by atoms with Gasteiger partial charge in [-0.15, -0.1) is 0 Å². The number of pyridine rings is 1. The minimum atomic E-state index is -0.677. The number of hydrogen-bond donors (Lipinski definition) is 4. The Labute approximate surface area is 327 Å². The fraction of sp³-hybridized carbons (Fsp3) is 0.409. The molecule has 0 unspecified atom stereocenters. The Kier molecular flexibility index (Phi) is 10.5. The summed E-state index contributed by atoms with van der Waals surface area (Å²) in [4.78, 5) is 61.9. The van der Waals surface area contributed by atoms with Crippen molar-refractivity contribution in [3.63, 3.8) is 0 Å². The highest BCUT2D eigenvalue weighted by molar-refractivity contribution is 5.86. The van der Waals surface area contributed by atoms with E-state index in [2.05, 4.69) is 85.2 Å². The van der Waals surface area contributed by atoms with Gasteiger partial charge >= 0.3 is 6.09 Å². The van der Waals surface area contributed by atoms with Crippen LogP contribution in [0, 0.1) is 11.8 Å². The van der Waals surface area contributed by atoms with Crippen molar-refractivity contribution in [3.8, 4) is 33.6 Å². The van der Waals surface area contributed by atoms with Gasteiger partial charge in [0.15, 0.2) is 0 Å². The molecule has 4 N–H and O–H groups in total. The van der Waals surface area contributed by atoms with Gasteiger partial charge < -0.3 is 30.2 Å². The number of carbonyl (C=O) groups is 3. The number of aromatic nitrogens is 5. The van der Waals surface area contributed by atoms with Crippen molar-refractivity contribution in [1.82, 2.24) is 40.5 Å². The van der Waals surface area contributed by atoms with Gasteiger partial charge in [-0.1, -0.05) is 81.3 Å². The summed E-state index contributed by atoms with van der Waals surface area (Å²) in [6.45, 7) is 4.42. The van der Waals surface area contributed by atoms with Gasteiger partial charge in [-0.2, -0.15) is 0 Å². The van der Waals surface area contributed by atoms with Gasteiger partial charge in [0, 0.05) is 30.8 Å². The molecule has 3 aromatic heterocycles. The molecule has 12 heteroatoms. The number of H-pyrrole nitrogens is 2. The zero-order valence-electron chi connectivity index (χ0n) is 32.3. The van der Waals surface area contributed by atoms with Crippen molar-refractivity contribution < 1.29 is 19.1 Å². The number of aromatic amines is 2. The average molecular weight is 755 g/mol. The molecule has 0 spiro atoms. The Morgan fingerprint density at radius 3 is 2.04 bits per heavy atom. The van der Waals surface area contributed by atoms with E-state index < -0.39 is 12.1 Å². The average Bonchev–Trinajstić information content (AvgIpc) is 3.62. The maximum atomic E-state index is 13.7. The number of ether oxygens (including phenoxy) is 1. The Bertz CT molecular complexity index is 2160. The summed E-state index contributed by atoms with van der Waals surface area (Å²) in [6.07, 6.45) is 14.2. The molecule has 0 radical (unpaired) electrons. The lowest BCUT2D eigenvalue weighted by molar-refractivity contribution is -0.135. The Hall–Kier alpha value is -5.78. The lowest BCUT2D eigenvalue weighted by Gasteiger charge is -2.31. The van der Waals surface area contributed by atoms with Crippen LogP contribution in [0.1, 0.15) is 94.4 Å². The summed E-state index contributed by atoms with van der Waals surface area (Å²) in [5.41, 5.74) is 6.85. The van der Waals surface area contributed by atoms with Gasteiger partial charge in [-0.3, -0.25) is 14.6 Å². The highest BCUT2D eigenvalue weighted by atomic mass is 16.5. The third-order valence-electron chi connectivity index (χ3n) is 11.9. The normalized spacial score (nSPS) is 20.7. The molecule has 5 aromatic rings. The maximum Gasteiger partial charge on any atom is 0.407 e. The number of carbonyl (C=O) groups excluding carboxylic acids is 3. The fourth-order valence-corrected chi connectivity index (χ4v) is 8.56. The zero-order chi connectivity index (χ0) is 38.8. The van der Waals surface area contributed by atoms with Crippen molar-refractivity contribution in [2.75, 3.05) is 13.7 Å². The molecule has 3 fully saturated rings. The summed E-state index contributed by atoms with van der Waals surface area (Å²) >= 11 is 0. The van der Waals surface area contributed by atoms with Crippen LogP contribution >= 0.6 is 0 Å². The van der Waals surface area contributed by atoms with Crippen LogP contribution in [0.3, 0.4) is 0 Å². The second kappa shape index (κ2) is 15.8. The SMILES string of the molecule is COC(=O)N[C@H](C(=O)N1CCC[C@H]1c1ncc(-c2ccc(-c3ccc(-c4cnc([C@H]5CCCC[C@@H]5C(=O)NC5(c6cccnc6)CC5)[nH]4)cc3)cc2)[nH]1)C(C)C.